The summed E-state index contributed by atoms with van der Waals surface area (Å²) in [5.41, 5.74) is 2.50. The summed E-state index contributed by atoms with van der Waals surface area (Å²) in [5, 5.41) is 4.21. The summed E-state index contributed by atoms with van der Waals surface area (Å²) in [5.74, 6) is 0.938. The number of aromatic nitrogens is 1. The Hall–Kier alpha value is -2.75. The highest BCUT2D eigenvalue weighted by Gasteiger charge is 2.03. The van der Waals surface area contributed by atoms with Gasteiger partial charge in [-0.3, -0.25) is 4.79 Å². The molecule has 3 rings (SSSR count). The monoisotopic (exact) mass is 350 g/mol. The predicted molar refractivity (Wildman–Crippen MR) is 105 cm³/mol. The molecule has 4 heteroatoms. The van der Waals surface area contributed by atoms with Gasteiger partial charge in [-0.05, 0) is 48.1 Å². The lowest BCUT2D eigenvalue weighted by atomic mass is 10.2. The highest BCUT2D eigenvalue weighted by atomic mass is 16.5. The number of carbonyl (C=O) groups is 1. The fraction of sp³-hybridized carbons (Fsp3) is 0.318. The van der Waals surface area contributed by atoms with Crippen molar-refractivity contribution in [2.45, 2.75) is 32.7 Å². The third kappa shape index (κ3) is 4.88. The van der Waals surface area contributed by atoms with Gasteiger partial charge in [0.2, 0.25) is 5.91 Å². The first-order valence-corrected chi connectivity index (χ1v) is 9.28. The molecule has 0 radical (unpaired) electrons. The van der Waals surface area contributed by atoms with E-state index in [9.17, 15) is 4.79 Å². The number of fused-ring (bicyclic) bond motifs is 1. The van der Waals surface area contributed by atoms with Gasteiger partial charge in [0.05, 0.1) is 6.61 Å². The van der Waals surface area contributed by atoms with Crippen molar-refractivity contribution in [2.24, 2.45) is 0 Å². The van der Waals surface area contributed by atoms with Crippen LogP contribution in [0.25, 0.3) is 10.9 Å². The van der Waals surface area contributed by atoms with E-state index in [1.165, 1.54) is 16.5 Å². The van der Waals surface area contributed by atoms with E-state index < -0.39 is 0 Å². The quantitative estimate of drug-likeness (QED) is 0.588. The molecule has 0 saturated heterocycles. The van der Waals surface area contributed by atoms with Crippen molar-refractivity contribution in [3.8, 4) is 5.75 Å². The number of hydrogen-bond acceptors (Lipinski definition) is 2. The average molecular weight is 350 g/mol. The summed E-state index contributed by atoms with van der Waals surface area (Å²) in [4.78, 5) is 12.0. The second-order valence-electron chi connectivity index (χ2n) is 6.37. The Balaban J connectivity index is 1.33. The largest absolute Gasteiger partial charge is 0.494 e. The standard InChI is InChI=1S/C22H26N2O2/c1-2-18-9-11-20(12-10-18)26-17-5-8-22(25)23-14-16-24-15-13-19-6-3-4-7-21(19)24/h3-4,6-7,9-13,15H,2,5,8,14,16-17H2,1H3,(H,23,25). The fourth-order valence-electron chi connectivity index (χ4n) is 2.98. The summed E-state index contributed by atoms with van der Waals surface area (Å²) in [7, 11) is 0. The Labute approximate surface area is 154 Å². The van der Waals surface area contributed by atoms with Crippen LogP contribution < -0.4 is 10.1 Å². The zero-order chi connectivity index (χ0) is 18.2. The third-order valence-corrected chi connectivity index (χ3v) is 4.50. The number of nitrogens with zero attached hydrogens (tertiary/aromatic N) is 1. The van der Waals surface area contributed by atoms with E-state index in [1.807, 2.05) is 24.3 Å². The predicted octanol–water partition coefficient (Wildman–Crippen LogP) is 4.18. The number of para-hydroxylation sites is 1. The van der Waals surface area contributed by atoms with Crippen LogP contribution in [0.3, 0.4) is 0 Å². The first-order valence-electron chi connectivity index (χ1n) is 9.28. The molecule has 0 atom stereocenters. The van der Waals surface area contributed by atoms with Crippen LogP contribution in [0.2, 0.25) is 0 Å². The lowest BCUT2D eigenvalue weighted by molar-refractivity contribution is -0.121. The van der Waals surface area contributed by atoms with Crippen molar-refractivity contribution in [3.05, 3.63) is 66.4 Å². The highest BCUT2D eigenvalue weighted by Crippen LogP contribution is 2.15. The molecule has 1 amide bonds. The Morgan fingerprint density at radius 2 is 1.88 bits per heavy atom. The van der Waals surface area contributed by atoms with E-state index in [1.54, 1.807) is 0 Å². The Morgan fingerprint density at radius 1 is 1.08 bits per heavy atom. The van der Waals surface area contributed by atoms with Gasteiger partial charge in [-0.15, -0.1) is 0 Å². The van der Waals surface area contributed by atoms with Crippen LogP contribution in [0.1, 0.15) is 25.3 Å². The zero-order valence-corrected chi connectivity index (χ0v) is 15.3. The zero-order valence-electron chi connectivity index (χ0n) is 15.3. The lowest BCUT2D eigenvalue weighted by Crippen LogP contribution is -2.27. The minimum atomic E-state index is 0.0754. The third-order valence-electron chi connectivity index (χ3n) is 4.50. The summed E-state index contributed by atoms with van der Waals surface area (Å²) in [6.45, 7) is 4.10. The van der Waals surface area contributed by atoms with E-state index in [4.69, 9.17) is 4.74 Å². The molecule has 0 fully saturated rings. The van der Waals surface area contributed by atoms with Crippen molar-refractivity contribution < 1.29 is 9.53 Å². The highest BCUT2D eigenvalue weighted by molar-refractivity contribution is 5.80. The maximum atomic E-state index is 12.0. The van der Waals surface area contributed by atoms with Gasteiger partial charge in [-0.2, -0.15) is 0 Å². The first-order chi connectivity index (χ1) is 12.8. The van der Waals surface area contributed by atoms with Crippen LogP contribution in [0.15, 0.2) is 60.8 Å². The van der Waals surface area contributed by atoms with Crippen molar-refractivity contribution >= 4 is 16.8 Å². The normalized spacial score (nSPS) is 10.8. The van der Waals surface area contributed by atoms with E-state index >= 15 is 0 Å². The van der Waals surface area contributed by atoms with Crippen molar-refractivity contribution in [2.75, 3.05) is 13.2 Å². The molecule has 0 aliphatic carbocycles. The van der Waals surface area contributed by atoms with Crippen LogP contribution in [0, 0.1) is 0 Å². The second-order valence-corrected chi connectivity index (χ2v) is 6.37. The van der Waals surface area contributed by atoms with Gasteiger partial charge in [0, 0.05) is 31.2 Å². The van der Waals surface area contributed by atoms with E-state index in [-0.39, 0.29) is 5.91 Å². The summed E-state index contributed by atoms with van der Waals surface area (Å²) >= 11 is 0. The molecule has 2 aromatic carbocycles. The molecule has 4 nitrogen and oxygen atoms in total. The number of rotatable bonds is 9. The van der Waals surface area contributed by atoms with Gasteiger partial charge in [0.15, 0.2) is 0 Å². The summed E-state index contributed by atoms with van der Waals surface area (Å²) in [6, 6.07) is 18.5. The Bertz CT molecular complexity index is 837. The van der Waals surface area contributed by atoms with Crippen LogP contribution in [-0.2, 0) is 17.8 Å². The number of carbonyl (C=O) groups excluding carboxylic acids is 1. The molecule has 0 saturated carbocycles. The first kappa shape index (κ1) is 18.1. The maximum Gasteiger partial charge on any atom is 0.220 e. The Kier molecular flexibility index (Phi) is 6.31. The van der Waals surface area contributed by atoms with Gasteiger partial charge in [-0.1, -0.05) is 37.3 Å². The molecular formula is C22H26N2O2. The minimum Gasteiger partial charge on any atom is -0.494 e. The smallest absolute Gasteiger partial charge is 0.220 e. The number of hydrogen-bond donors (Lipinski definition) is 1. The number of benzene rings is 2. The molecule has 0 aliphatic heterocycles. The molecule has 1 heterocycles. The van der Waals surface area contributed by atoms with Crippen LogP contribution in [0.5, 0.6) is 5.75 Å². The van der Waals surface area contributed by atoms with E-state index in [0.29, 0.717) is 26.0 Å². The number of nitrogens with one attached hydrogen (secondary N) is 1. The molecular weight excluding hydrogens is 324 g/mol. The van der Waals surface area contributed by atoms with Crippen LogP contribution >= 0.6 is 0 Å². The topological polar surface area (TPSA) is 43.3 Å². The molecule has 0 spiro atoms. The molecule has 0 bridgehead atoms. The van der Waals surface area contributed by atoms with Crippen LogP contribution in [0.4, 0.5) is 0 Å². The summed E-state index contributed by atoms with van der Waals surface area (Å²) in [6.07, 6.45) is 4.29. The van der Waals surface area contributed by atoms with E-state index in [2.05, 4.69) is 53.3 Å². The lowest BCUT2D eigenvalue weighted by Gasteiger charge is -2.09. The number of ether oxygens (including phenoxy) is 1. The molecule has 136 valence electrons. The minimum absolute atomic E-state index is 0.0754. The molecule has 1 N–H and O–H groups in total. The van der Waals surface area contributed by atoms with Crippen molar-refractivity contribution in [1.82, 2.24) is 9.88 Å². The molecule has 1 aromatic heterocycles. The van der Waals surface area contributed by atoms with Gasteiger partial charge >= 0.3 is 0 Å². The van der Waals surface area contributed by atoms with Crippen molar-refractivity contribution in [1.29, 1.82) is 0 Å². The molecule has 3 aromatic rings. The van der Waals surface area contributed by atoms with E-state index in [0.717, 1.165) is 18.7 Å². The summed E-state index contributed by atoms with van der Waals surface area (Å²) < 4.78 is 7.85. The van der Waals surface area contributed by atoms with Crippen LogP contribution in [-0.4, -0.2) is 23.6 Å². The van der Waals surface area contributed by atoms with Gasteiger partial charge in [0.25, 0.3) is 0 Å². The number of aryl methyl sites for hydroxylation is 1. The van der Waals surface area contributed by atoms with Gasteiger partial charge in [-0.25, -0.2) is 0 Å². The number of amides is 1. The van der Waals surface area contributed by atoms with Gasteiger partial charge < -0.3 is 14.6 Å². The van der Waals surface area contributed by atoms with Crippen molar-refractivity contribution in [3.63, 3.8) is 0 Å². The average Bonchev–Trinajstić information content (AvgIpc) is 3.09. The second kappa shape index (κ2) is 9.09. The Morgan fingerprint density at radius 3 is 2.69 bits per heavy atom. The fourth-order valence-corrected chi connectivity index (χ4v) is 2.98. The molecule has 26 heavy (non-hydrogen) atoms. The molecule has 0 unspecified atom stereocenters. The maximum absolute atomic E-state index is 12.0. The van der Waals surface area contributed by atoms with Gasteiger partial charge in [0.1, 0.15) is 5.75 Å². The SMILES string of the molecule is CCc1ccc(OCCCC(=O)NCCn2ccc3ccccc32)cc1. The molecule has 0 aliphatic rings.